The zero-order chi connectivity index (χ0) is 24.9. The molecule has 0 amide bonds. The van der Waals surface area contributed by atoms with Crippen molar-refractivity contribution in [2.75, 3.05) is 0 Å². The summed E-state index contributed by atoms with van der Waals surface area (Å²) in [5, 5.41) is 5.43. The van der Waals surface area contributed by atoms with Gasteiger partial charge in [0.05, 0.1) is 0 Å². The van der Waals surface area contributed by atoms with E-state index >= 15 is 0 Å². The molecule has 0 saturated heterocycles. The summed E-state index contributed by atoms with van der Waals surface area (Å²) in [6.07, 6.45) is 1.17. The molecule has 6 aromatic rings. The van der Waals surface area contributed by atoms with Crippen molar-refractivity contribution in [2.24, 2.45) is 0 Å². The second-order valence-corrected chi connectivity index (χ2v) is 11.5. The molecule has 3 heteroatoms. The van der Waals surface area contributed by atoms with Crippen LogP contribution < -0.4 is 24.8 Å². The zero-order valence-corrected chi connectivity index (χ0v) is 25.6. The molecular formula is C36H27Cl2Zr. The zero-order valence-electron chi connectivity index (χ0n) is 21.7. The van der Waals surface area contributed by atoms with Crippen LogP contribution in [0.15, 0.2) is 121 Å². The van der Waals surface area contributed by atoms with Gasteiger partial charge in [0.15, 0.2) is 0 Å². The monoisotopic (exact) mass is 619 g/mol. The molecule has 2 aliphatic rings. The molecule has 2 unspecified atom stereocenters. The van der Waals surface area contributed by atoms with E-state index < -0.39 is 0 Å². The SMILES string of the molecule is CCC1c2ccccc2-c2c1ccc1ccccc21.[Cl-].[Cl-].[Zr+2][CH]1c2ccccc2-c2cc3ccccc3cc21. The van der Waals surface area contributed by atoms with Crippen LogP contribution >= 0.6 is 0 Å². The van der Waals surface area contributed by atoms with Gasteiger partial charge in [-0.05, 0) is 39.4 Å². The van der Waals surface area contributed by atoms with Crippen LogP contribution in [0.25, 0.3) is 43.8 Å². The molecule has 0 radical (unpaired) electrons. The Morgan fingerprint density at radius 1 is 0.513 bits per heavy atom. The molecule has 0 bridgehead atoms. The van der Waals surface area contributed by atoms with Crippen LogP contribution in [0.2, 0.25) is 0 Å². The van der Waals surface area contributed by atoms with Gasteiger partial charge in [0, 0.05) is 5.92 Å². The van der Waals surface area contributed by atoms with Gasteiger partial charge in [0.1, 0.15) is 0 Å². The molecule has 0 aromatic heterocycles. The molecule has 0 aliphatic heterocycles. The van der Waals surface area contributed by atoms with Crippen molar-refractivity contribution >= 4 is 21.5 Å². The number of rotatable bonds is 1. The van der Waals surface area contributed by atoms with Gasteiger partial charge in [0.2, 0.25) is 0 Å². The molecule has 6 aromatic carbocycles. The van der Waals surface area contributed by atoms with Gasteiger partial charge in [-0.2, -0.15) is 0 Å². The number of fused-ring (bicyclic) bond motifs is 9. The predicted molar refractivity (Wildman–Crippen MR) is 153 cm³/mol. The van der Waals surface area contributed by atoms with E-state index in [9.17, 15) is 0 Å². The van der Waals surface area contributed by atoms with Crippen molar-refractivity contribution in [2.45, 2.75) is 22.9 Å². The predicted octanol–water partition coefficient (Wildman–Crippen LogP) is 3.83. The molecular weight excluding hydrogens is 595 g/mol. The Hall–Kier alpha value is -2.70. The van der Waals surface area contributed by atoms with E-state index in [1.165, 1.54) is 72.5 Å². The summed E-state index contributed by atoms with van der Waals surface area (Å²) in [7, 11) is 0. The average Bonchev–Trinajstić information content (AvgIpc) is 3.44. The average molecular weight is 622 g/mol. The maximum atomic E-state index is 2.38. The normalized spacial score (nSPS) is 15.7. The summed E-state index contributed by atoms with van der Waals surface area (Å²) in [6.45, 7) is 2.28. The quantitative estimate of drug-likeness (QED) is 0.262. The van der Waals surface area contributed by atoms with E-state index in [4.69, 9.17) is 0 Å². The van der Waals surface area contributed by atoms with Crippen LogP contribution in [0, 0.1) is 0 Å². The van der Waals surface area contributed by atoms with Crippen LogP contribution in [-0.2, 0) is 24.7 Å². The second-order valence-electron chi connectivity index (χ2n) is 10.1. The number of hydrogen-bond donors (Lipinski definition) is 0. The van der Waals surface area contributed by atoms with E-state index in [1.807, 2.05) is 0 Å². The Morgan fingerprint density at radius 2 is 1.10 bits per heavy atom. The Balaban J connectivity index is 0.000000150. The fraction of sp³-hybridized carbons (Fsp3) is 0.111. The first kappa shape index (κ1) is 27.9. The Morgan fingerprint density at radius 3 is 1.85 bits per heavy atom. The van der Waals surface area contributed by atoms with Crippen LogP contribution in [0.1, 0.15) is 45.1 Å². The molecule has 2 aliphatic carbocycles. The van der Waals surface area contributed by atoms with Crippen LogP contribution in [0.5, 0.6) is 0 Å². The molecule has 8 rings (SSSR count). The molecule has 0 nitrogen and oxygen atoms in total. The van der Waals surface area contributed by atoms with Gasteiger partial charge >= 0.3 is 122 Å². The van der Waals surface area contributed by atoms with E-state index in [2.05, 4.69) is 128 Å². The number of benzene rings is 6. The first-order valence-corrected chi connectivity index (χ1v) is 14.6. The van der Waals surface area contributed by atoms with Crippen molar-refractivity contribution in [3.63, 3.8) is 0 Å². The van der Waals surface area contributed by atoms with Gasteiger partial charge < -0.3 is 24.8 Å². The van der Waals surface area contributed by atoms with Crippen molar-refractivity contribution in [3.05, 3.63) is 144 Å². The Kier molecular flexibility index (Phi) is 8.16. The summed E-state index contributed by atoms with van der Waals surface area (Å²) in [6, 6.07) is 44.4. The standard InChI is InChI=1S/C19H16.C17H11.2ClH.Zr/c1-2-14-16-9-5-6-10-17(16)19-15-8-4-3-7-13(15)11-12-18(14)19;1-2-6-13-11-17-15(9-12(13)5-1)10-14-7-3-4-8-16(14)17;;;/h3-12,14H,2H2,1H3;1-11H;2*1H;/q;;;;+2/p-2. The minimum absolute atomic E-state index is 0. The van der Waals surface area contributed by atoms with E-state index in [0.717, 1.165) is 0 Å². The third kappa shape index (κ3) is 4.60. The van der Waals surface area contributed by atoms with E-state index in [-0.39, 0.29) is 24.8 Å². The van der Waals surface area contributed by atoms with Crippen LogP contribution in [0.3, 0.4) is 0 Å². The van der Waals surface area contributed by atoms with E-state index in [0.29, 0.717) is 9.54 Å². The van der Waals surface area contributed by atoms with Gasteiger partial charge in [0.25, 0.3) is 0 Å². The first-order chi connectivity index (χ1) is 18.2. The number of hydrogen-bond acceptors (Lipinski definition) is 0. The Bertz CT molecular complexity index is 1810. The minimum atomic E-state index is 0. The van der Waals surface area contributed by atoms with Gasteiger partial charge in [-0.3, -0.25) is 0 Å². The fourth-order valence-electron chi connectivity index (χ4n) is 6.41. The molecule has 0 heterocycles. The summed E-state index contributed by atoms with van der Waals surface area (Å²) < 4.78 is 0.605. The molecule has 0 spiro atoms. The van der Waals surface area contributed by atoms with Crippen LogP contribution in [0.4, 0.5) is 0 Å². The third-order valence-corrected chi connectivity index (χ3v) is 9.67. The van der Waals surface area contributed by atoms with Crippen LogP contribution in [-0.4, -0.2) is 0 Å². The van der Waals surface area contributed by atoms with Crippen molar-refractivity contribution < 1.29 is 49.5 Å². The first-order valence-electron chi connectivity index (χ1n) is 13.2. The van der Waals surface area contributed by atoms with Gasteiger partial charge in [-0.25, -0.2) is 0 Å². The molecule has 189 valence electrons. The summed E-state index contributed by atoms with van der Waals surface area (Å²) >= 11 is 1.58. The van der Waals surface area contributed by atoms with Gasteiger partial charge in [-0.1, -0.05) is 67.6 Å². The topological polar surface area (TPSA) is 0 Å². The summed E-state index contributed by atoms with van der Waals surface area (Å²) in [5.41, 5.74) is 11.8. The summed E-state index contributed by atoms with van der Waals surface area (Å²) in [4.78, 5) is 0. The second kappa shape index (κ2) is 11.4. The van der Waals surface area contributed by atoms with Crippen molar-refractivity contribution in [1.29, 1.82) is 0 Å². The van der Waals surface area contributed by atoms with Crippen molar-refractivity contribution in [3.8, 4) is 22.3 Å². The van der Waals surface area contributed by atoms with E-state index in [1.54, 1.807) is 24.7 Å². The Labute approximate surface area is 258 Å². The molecule has 0 N–H and O–H groups in total. The van der Waals surface area contributed by atoms with Crippen molar-refractivity contribution in [1.82, 2.24) is 0 Å². The molecule has 2 atom stereocenters. The summed E-state index contributed by atoms with van der Waals surface area (Å²) in [5.74, 6) is 0.566. The maximum absolute atomic E-state index is 2.38. The molecule has 0 saturated carbocycles. The fourth-order valence-corrected chi connectivity index (χ4v) is 7.61. The number of halogens is 2. The third-order valence-electron chi connectivity index (χ3n) is 8.14. The van der Waals surface area contributed by atoms with Gasteiger partial charge in [-0.15, -0.1) is 0 Å². The molecule has 39 heavy (non-hydrogen) atoms. The molecule has 0 fully saturated rings.